The molecule has 1 aromatic rings. The molecule has 0 radical (unpaired) electrons. The van der Waals surface area contributed by atoms with E-state index in [4.69, 9.17) is 16.3 Å². The number of nitrogens with zero attached hydrogens (tertiary/aromatic N) is 2. The Morgan fingerprint density at radius 1 is 1.43 bits per heavy atom. The summed E-state index contributed by atoms with van der Waals surface area (Å²) in [7, 11) is 0. The first-order valence-electron chi connectivity index (χ1n) is 7.65. The molecular weight excluding hydrogens is 318 g/mol. The van der Waals surface area contributed by atoms with Gasteiger partial charge in [0.1, 0.15) is 10.8 Å². The van der Waals surface area contributed by atoms with Crippen LogP contribution in [0.25, 0.3) is 0 Å². The van der Waals surface area contributed by atoms with Gasteiger partial charge in [-0.25, -0.2) is 9.78 Å². The molecule has 6 nitrogen and oxygen atoms in total. The van der Waals surface area contributed by atoms with E-state index < -0.39 is 5.60 Å². The van der Waals surface area contributed by atoms with Gasteiger partial charge in [-0.1, -0.05) is 11.6 Å². The van der Waals surface area contributed by atoms with E-state index in [1.807, 2.05) is 20.8 Å². The number of piperidine rings is 1. The number of carbonyl (C=O) groups is 2. The van der Waals surface area contributed by atoms with E-state index in [1.165, 1.54) is 6.20 Å². The summed E-state index contributed by atoms with van der Waals surface area (Å²) < 4.78 is 5.38. The number of amides is 2. The van der Waals surface area contributed by atoms with Crippen LogP contribution in [0, 0.1) is 0 Å². The van der Waals surface area contributed by atoms with Gasteiger partial charge in [0.25, 0.3) is 5.91 Å². The van der Waals surface area contributed by atoms with E-state index in [9.17, 15) is 9.59 Å². The van der Waals surface area contributed by atoms with Crippen LogP contribution < -0.4 is 5.32 Å². The summed E-state index contributed by atoms with van der Waals surface area (Å²) in [6, 6.07) is 3.16. The van der Waals surface area contributed by atoms with E-state index in [-0.39, 0.29) is 23.2 Å². The number of ether oxygens (including phenoxy) is 1. The van der Waals surface area contributed by atoms with Crippen molar-refractivity contribution in [2.75, 3.05) is 13.1 Å². The van der Waals surface area contributed by atoms with Crippen molar-refractivity contribution in [3.63, 3.8) is 0 Å². The summed E-state index contributed by atoms with van der Waals surface area (Å²) in [6.45, 7) is 6.56. The molecule has 7 heteroatoms. The number of halogens is 1. The van der Waals surface area contributed by atoms with Crippen molar-refractivity contribution < 1.29 is 14.3 Å². The summed E-state index contributed by atoms with van der Waals surface area (Å²) in [5.41, 5.74) is -0.195. The highest BCUT2D eigenvalue weighted by Gasteiger charge is 2.28. The fraction of sp³-hybridized carbons (Fsp3) is 0.562. The van der Waals surface area contributed by atoms with Crippen molar-refractivity contribution in [1.29, 1.82) is 0 Å². The Balaban J connectivity index is 1.95. The predicted octanol–water partition coefficient (Wildman–Crippen LogP) is 2.86. The first-order chi connectivity index (χ1) is 10.8. The third kappa shape index (κ3) is 5.10. The van der Waals surface area contributed by atoms with E-state index >= 15 is 0 Å². The standard InChI is InChI=1S/C16H22ClN3O3/c1-16(2,3)23-15(22)20-9-5-6-11(10-20)19-14(21)12-7-4-8-18-13(12)17/h4,7-8,11H,5-6,9-10H2,1-3H3,(H,19,21)/t11-/m0/s1. The van der Waals surface area contributed by atoms with Crippen molar-refractivity contribution in [2.45, 2.75) is 45.3 Å². The Bertz CT molecular complexity index is 586. The quantitative estimate of drug-likeness (QED) is 0.841. The maximum Gasteiger partial charge on any atom is 0.410 e. The summed E-state index contributed by atoms with van der Waals surface area (Å²) >= 11 is 5.93. The van der Waals surface area contributed by atoms with Crippen molar-refractivity contribution in [3.8, 4) is 0 Å². The Kier molecular flexibility index (Phi) is 5.46. The number of rotatable bonds is 2. The minimum atomic E-state index is -0.531. The minimum Gasteiger partial charge on any atom is -0.444 e. The van der Waals surface area contributed by atoms with Gasteiger partial charge in [-0.3, -0.25) is 4.79 Å². The summed E-state index contributed by atoms with van der Waals surface area (Å²) in [4.78, 5) is 29.9. The lowest BCUT2D eigenvalue weighted by atomic mass is 10.1. The number of carbonyl (C=O) groups excluding carboxylic acids is 2. The van der Waals surface area contributed by atoms with Gasteiger partial charge in [-0.05, 0) is 45.7 Å². The minimum absolute atomic E-state index is 0.125. The SMILES string of the molecule is CC(C)(C)OC(=O)N1CCC[C@H](NC(=O)c2cccnc2Cl)C1. The van der Waals surface area contributed by atoms with Crippen LogP contribution in [0.5, 0.6) is 0 Å². The number of hydrogen-bond acceptors (Lipinski definition) is 4. The summed E-state index contributed by atoms with van der Waals surface area (Å²) in [5, 5.41) is 3.08. The highest BCUT2D eigenvalue weighted by atomic mass is 35.5. The van der Waals surface area contributed by atoms with Crippen LogP contribution in [0.3, 0.4) is 0 Å². The smallest absolute Gasteiger partial charge is 0.410 e. The fourth-order valence-corrected chi connectivity index (χ4v) is 2.61. The summed E-state index contributed by atoms with van der Waals surface area (Å²) in [5.74, 6) is -0.279. The molecule has 1 aromatic heterocycles. The number of aromatic nitrogens is 1. The van der Waals surface area contributed by atoms with Crippen LogP contribution in [0.15, 0.2) is 18.3 Å². The molecule has 1 fully saturated rings. The second-order valence-electron chi connectivity index (χ2n) is 6.58. The van der Waals surface area contributed by atoms with Crippen LogP contribution in [0.1, 0.15) is 44.0 Å². The molecule has 23 heavy (non-hydrogen) atoms. The number of pyridine rings is 1. The molecule has 0 saturated carbocycles. The third-order valence-electron chi connectivity index (χ3n) is 3.41. The molecule has 0 aliphatic carbocycles. The van der Waals surface area contributed by atoms with Gasteiger partial charge in [0, 0.05) is 25.3 Å². The molecule has 1 aliphatic heterocycles. The van der Waals surface area contributed by atoms with Crippen LogP contribution in [0.2, 0.25) is 5.15 Å². The second kappa shape index (κ2) is 7.17. The number of hydrogen-bond donors (Lipinski definition) is 1. The van der Waals surface area contributed by atoms with Crippen molar-refractivity contribution in [3.05, 3.63) is 29.0 Å². The van der Waals surface area contributed by atoms with Gasteiger partial charge >= 0.3 is 6.09 Å². The molecule has 1 saturated heterocycles. The molecule has 0 aromatic carbocycles. The Labute approximate surface area is 141 Å². The molecule has 0 unspecified atom stereocenters. The van der Waals surface area contributed by atoms with Gasteiger partial charge in [0.05, 0.1) is 5.56 Å². The van der Waals surface area contributed by atoms with Gasteiger partial charge in [-0.2, -0.15) is 0 Å². The lowest BCUT2D eigenvalue weighted by Gasteiger charge is -2.34. The normalized spacial score (nSPS) is 18.4. The fourth-order valence-electron chi connectivity index (χ4n) is 2.41. The van der Waals surface area contributed by atoms with E-state index in [2.05, 4.69) is 10.3 Å². The molecule has 0 bridgehead atoms. The molecule has 2 rings (SSSR count). The maximum absolute atomic E-state index is 12.3. The average Bonchev–Trinajstić information content (AvgIpc) is 2.46. The molecular formula is C16H22ClN3O3. The number of likely N-dealkylation sites (tertiary alicyclic amines) is 1. The van der Waals surface area contributed by atoms with Crippen LogP contribution in [0.4, 0.5) is 4.79 Å². The van der Waals surface area contributed by atoms with E-state index in [0.717, 1.165) is 12.8 Å². The maximum atomic E-state index is 12.3. The molecule has 2 heterocycles. The van der Waals surface area contributed by atoms with Crippen LogP contribution in [-0.4, -0.2) is 46.6 Å². The Hall–Kier alpha value is -1.82. The van der Waals surface area contributed by atoms with Gasteiger partial charge in [0.15, 0.2) is 0 Å². The van der Waals surface area contributed by atoms with Crippen LogP contribution in [-0.2, 0) is 4.74 Å². The molecule has 1 atom stereocenters. The topological polar surface area (TPSA) is 71.5 Å². The molecule has 1 aliphatic rings. The van der Waals surface area contributed by atoms with Crippen molar-refractivity contribution >= 4 is 23.6 Å². The number of nitrogens with one attached hydrogen (secondary N) is 1. The van der Waals surface area contributed by atoms with Crippen LogP contribution >= 0.6 is 11.6 Å². The zero-order chi connectivity index (χ0) is 17.0. The van der Waals surface area contributed by atoms with E-state index in [0.29, 0.717) is 18.7 Å². The second-order valence-corrected chi connectivity index (χ2v) is 6.94. The zero-order valence-corrected chi connectivity index (χ0v) is 14.4. The monoisotopic (exact) mass is 339 g/mol. The van der Waals surface area contributed by atoms with Crippen molar-refractivity contribution in [1.82, 2.24) is 15.2 Å². The summed E-state index contributed by atoms with van der Waals surface area (Å²) in [6.07, 6.45) is 2.80. The van der Waals surface area contributed by atoms with Gasteiger partial charge < -0.3 is 15.0 Å². The first-order valence-corrected chi connectivity index (χ1v) is 8.03. The van der Waals surface area contributed by atoms with Gasteiger partial charge in [0.2, 0.25) is 0 Å². The molecule has 126 valence electrons. The zero-order valence-electron chi connectivity index (χ0n) is 13.6. The largest absolute Gasteiger partial charge is 0.444 e. The van der Waals surface area contributed by atoms with Crippen molar-refractivity contribution in [2.24, 2.45) is 0 Å². The average molecular weight is 340 g/mol. The molecule has 1 N–H and O–H groups in total. The first kappa shape index (κ1) is 17.5. The van der Waals surface area contributed by atoms with Gasteiger partial charge in [-0.15, -0.1) is 0 Å². The Morgan fingerprint density at radius 2 is 2.17 bits per heavy atom. The lowest BCUT2D eigenvalue weighted by molar-refractivity contribution is 0.0185. The predicted molar refractivity (Wildman–Crippen MR) is 87.5 cm³/mol. The third-order valence-corrected chi connectivity index (χ3v) is 3.71. The highest BCUT2D eigenvalue weighted by Crippen LogP contribution is 2.17. The molecule has 2 amide bonds. The molecule has 0 spiro atoms. The van der Waals surface area contributed by atoms with E-state index in [1.54, 1.807) is 17.0 Å². The Morgan fingerprint density at radius 3 is 2.83 bits per heavy atom. The lowest BCUT2D eigenvalue weighted by Crippen LogP contribution is -2.50. The highest BCUT2D eigenvalue weighted by molar-refractivity contribution is 6.32.